The predicted octanol–water partition coefficient (Wildman–Crippen LogP) is 2.80. The number of amides is 1. The van der Waals surface area contributed by atoms with Crippen LogP contribution in [0.4, 0.5) is 5.69 Å². The summed E-state index contributed by atoms with van der Waals surface area (Å²) in [5.74, 6) is 6.59. The van der Waals surface area contributed by atoms with E-state index in [1.807, 2.05) is 19.9 Å². The molecule has 7 heteroatoms. The van der Waals surface area contributed by atoms with Crippen LogP contribution in [0.15, 0.2) is 23.4 Å². The maximum Gasteiger partial charge on any atom is 0.237 e. The molecule has 0 spiro atoms. The molecule has 0 saturated carbocycles. The lowest BCUT2D eigenvalue weighted by Crippen LogP contribution is -2.25. The first-order valence-corrected chi connectivity index (χ1v) is 9.17. The zero-order chi connectivity index (χ0) is 17.7. The average Bonchev–Trinajstić information content (AvgIpc) is 2.94. The number of benzene rings is 1. The molecule has 0 fully saturated rings. The van der Waals surface area contributed by atoms with E-state index >= 15 is 0 Å². The fraction of sp³-hybridized carbons (Fsp3) is 0.471. The van der Waals surface area contributed by atoms with Gasteiger partial charge in [0.1, 0.15) is 0 Å². The van der Waals surface area contributed by atoms with Crippen molar-refractivity contribution in [3.8, 4) is 0 Å². The van der Waals surface area contributed by atoms with Gasteiger partial charge < -0.3 is 11.2 Å². The van der Waals surface area contributed by atoms with Crippen LogP contribution in [0.1, 0.15) is 44.6 Å². The molecule has 3 N–H and O–H groups in total. The third kappa shape index (κ3) is 3.90. The van der Waals surface area contributed by atoms with Gasteiger partial charge in [-0.05, 0) is 30.9 Å². The van der Waals surface area contributed by atoms with E-state index in [0.717, 1.165) is 29.7 Å². The molecule has 0 bridgehead atoms. The number of nitrogen functional groups attached to an aromatic ring is 1. The molecule has 24 heavy (non-hydrogen) atoms. The van der Waals surface area contributed by atoms with Gasteiger partial charge in [0.05, 0.1) is 5.25 Å². The van der Waals surface area contributed by atoms with Crippen molar-refractivity contribution in [2.45, 2.75) is 57.4 Å². The first kappa shape index (κ1) is 18.3. The van der Waals surface area contributed by atoms with E-state index in [0.29, 0.717) is 17.4 Å². The Morgan fingerprint density at radius 1 is 1.21 bits per heavy atom. The number of thioether (sulfide) groups is 1. The molecule has 0 saturated heterocycles. The second-order valence-electron chi connectivity index (χ2n) is 5.53. The van der Waals surface area contributed by atoms with E-state index < -0.39 is 0 Å². The zero-order valence-corrected chi connectivity index (χ0v) is 15.5. The minimum Gasteiger partial charge on any atom is -0.336 e. The summed E-state index contributed by atoms with van der Waals surface area (Å²) in [5, 5.41) is 11.4. The van der Waals surface area contributed by atoms with E-state index in [1.165, 1.54) is 16.4 Å². The molecular weight excluding hydrogens is 322 g/mol. The van der Waals surface area contributed by atoms with Gasteiger partial charge in [-0.3, -0.25) is 4.79 Å². The molecule has 2 aromatic rings. The molecule has 1 heterocycles. The highest BCUT2D eigenvalue weighted by Crippen LogP contribution is 2.26. The molecule has 0 aliphatic heterocycles. The molecule has 0 radical (unpaired) electrons. The molecule has 0 aliphatic carbocycles. The lowest BCUT2D eigenvalue weighted by Gasteiger charge is -2.17. The van der Waals surface area contributed by atoms with Crippen molar-refractivity contribution >= 4 is 23.4 Å². The highest BCUT2D eigenvalue weighted by molar-refractivity contribution is 8.00. The molecule has 130 valence electrons. The number of nitrogens with one attached hydrogen (secondary N) is 1. The molecular formula is C17H25N5OS. The third-order valence-corrected chi connectivity index (χ3v) is 5.01. The molecule has 1 atom stereocenters. The van der Waals surface area contributed by atoms with Crippen LogP contribution in [0.25, 0.3) is 0 Å². The number of hydrogen-bond acceptors (Lipinski definition) is 5. The zero-order valence-electron chi connectivity index (χ0n) is 14.7. The van der Waals surface area contributed by atoms with Crippen LogP contribution in [-0.2, 0) is 24.1 Å². The first-order valence-electron chi connectivity index (χ1n) is 8.29. The van der Waals surface area contributed by atoms with Crippen LogP contribution in [-0.4, -0.2) is 26.0 Å². The Hall–Kier alpha value is -2.02. The van der Waals surface area contributed by atoms with Crippen molar-refractivity contribution in [1.82, 2.24) is 14.9 Å². The Kier molecular flexibility index (Phi) is 6.25. The van der Waals surface area contributed by atoms with Crippen molar-refractivity contribution in [2.24, 2.45) is 0 Å². The highest BCUT2D eigenvalue weighted by atomic mass is 32.2. The van der Waals surface area contributed by atoms with Gasteiger partial charge >= 0.3 is 0 Å². The van der Waals surface area contributed by atoms with E-state index in [1.54, 1.807) is 0 Å². The SMILES string of the molecule is CCc1cccc(CC)c1NC(=O)[C@H](C)Sc1nnc(CC)n1N. The van der Waals surface area contributed by atoms with Crippen LogP contribution in [0.3, 0.4) is 0 Å². The lowest BCUT2D eigenvalue weighted by molar-refractivity contribution is -0.115. The Bertz CT molecular complexity index is 691. The summed E-state index contributed by atoms with van der Waals surface area (Å²) >= 11 is 1.31. The number of nitrogens with zero attached hydrogens (tertiary/aromatic N) is 3. The molecule has 1 amide bonds. The molecule has 2 rings (SSSR count). The summed E-state index contributed by atoms with van der Waals surface area (Å²) < 4.78 is 1.45. The normalized spacial score (nSPS) is 12.2. The smallest absolute Gasteiger partial charge is 0.237 e. The van der Waals surface area contributed by atoms with Crippen molar-refractivity contribution in [3.05, 3.63) is 35.2 Å². The van der Waals surface area contributed by atoms with E-state index in [-0.39, 0.29) is 11.2 Å². The summed E-state index contributed by atoms with van der Waals surface area (Å²) in [4.78, 5) is 12.6. The molecule has 0 unspecified atom stereocenters. The van der Waals surface area contributed by atoms with Gasteiger partial charge in [0, 0.05) is 12.1 Å². The van der Waals surface area contributed by atoms with Crippen molar-refractivity contribution in [1.29, 1.82) is 0 Å². The monoisotopic (exact) mass is 347 g/mol. The fourth-order valence-corrected chi connectivity index (χ4v) is 3.26. The van der Waals surface area contributed by atoms with E-state index in [2.05, 4.69) is 41.5 Å². The maximum atomic E-state index is 12.6. The summed E-state index contributed by atoms with van der Waals surface area (Å²) in [7, 11) is 0. The summed E-state index contributed by atoms with van der Waals surface area (Å²) in [6.45, 7) is 7.99. The van der Waals surface area contributed by atoms with Gasteiger partial charge in [0.2, 0.25) is 11.1 Å². The minimum atomic E-state index is -0.323. The number of carbonyl (C=O) groups excluding carboxylic acids is 1. The third-order valence-electron chi connectivity index (χ3n) is 3.95. The fourth-order valence-electron chi connectivity index (χ4n) is 2.47. The Balaban J connectivity index is 2.13. The minimum absolute atomic E-state index is 0.0587. The summed E-state index contributed by atoms with van der Waals surface area (Å²) in [5.41, 5.74) is 3.23. The van der Waals surface area contributed by atoms with Crippen LogP contribution in [0, 0.1) is 0 Å². The molecule has 0 aliphatic rings. The van der Waals surface area contributed by atoms with E-state index in [4.69, 9.17) is 5.84 Å². The number of hydrogen-bond donors (Lipinski definition) is 2. The van der Waals surface area contributed by atoms with Crippen molar-refractivity contribution in [3.63, 3.8) is 0 Å². The standard InChI is InChI=1S/C17H25N5OS/c1-5-12-9-8-10-13(6-2)15(12)19-16(23)11(4)24-17-21-20-14(7-3)22(17)18/h8-11H,5-7,18H2,1-4H3,(H,19,23)/t11-/m0/s1. The van der Waals surface area contributed by atoms with Gasteiger partial charge in [-0.25, -0.2) is 4.68 Å². The number of rotatable bonds is 7. The average molecular weight is 347 g/mol. The molecule has 6 nitrogen and oxygen atoms in total. The Morgan fingerprint density at radius 2 is 1.83 bits per heavy atom. The largest absolute Gasteiger partial charge is 0.336 e. The van der Waals surface area contributed by atoms with Crippen LogP contribution >= 0.6 is 11.8 Å². The number of nitrogens with two attached hydrogens (primary N) is 1. The second kappa shape index (κ2) is 8.19. The van der Waals surface area contributed by atoms with Crippen LogP contribution in [0.5, 0.6) is 0 Å². The number of aromatic nitrogens is 3. The second-order valence-corrected chi connectivity index (χ2v) is 6.84. The topological polar surface area (TPSA) is 85.8 Å². The quantitative estimate of drug-likeness (QED) is 0.594. The lowest BCUT2D eigenvalue weighted by atomic mass is 10.0. The first-order chi connectivity index (χ1) is 11.5. The number of para-hydroxylation sites is 1. The number of carbonyl (C=O) groups is 1. The maximum absolute atomic E-state index is 12.6. The van der Waals surface area contributed by atoms with Gasteiger partial charge in [-0.15, -0.1) is 10.2 Å². The van der Waals surface area contributed by atoms with Crippen LogP contribution < -0.4 is 11.2 Å². The van der Waals surface area contributed by atoms with E-state index in [9.17, 15) is 4.79 Å². The van der Waals surface area contributed by atoms with Gasteiger partial charge in [0.25, 0.3) is 0 Å². The molecule has 1 aromatic heterocycles. The highest BCUT2D eigenvalue weighted by Gasteiger charge is 2.20. The summed E-state index contributed by atoms with van der Waals surface area (Å²) in [6.07, 6.45) is 2.46. The number of anilines is 1. The molecule has 1 aromatic carbocycles. The van der Waals surface area contributed by atoms with Gasteiger partial charge in [-0.1, -0.05) is 50.7 Å². The van der Waals surface area contributed by atoms with Gasteiger partial charge in [0.15, 0.2) is 5.82 Å². The summed E-state index contributed by atoms with van der Waals surface area (Å²) in [6, 6.07) is 6.14. The van der Waals surface area contributed by atoms with Crippen LogP contribution in [0.2, 0.25) is 0 Å². The predicted molar refractivity (Wildman–Crippen MR) is 98.7 cm³/mol. The van der Waals surface area contributed by atoms with Gasteiger partial charge in [-0.2, -0.15) is 0 Å². The van der Waals surface area contributed by atoms with Crippen molar-refractivity contribution < 1.29 is 4.79 Å². The Morgan fingerprint density at radius 3 is 2.33 bits per heavy atom. The van der Waals surface area contributed by atoms with Crippen molar-refractivity contribution in [2.75, 3.05) is 11.2 Å². The number of aryl methyl sites for hydroxylation is 3. The Labute approximate surface area is 147 Å².